The molecule has 3 atom stereocenters. The van der Waals surface area contributed by atoms with E-state index >= 15 is 4.39 Å². The minimum absolute atomic E-state index is 0.00325. The number of phenolic OH excluding ortho intramolecular Hbond substituents is 1. The van der Waals surface area contributed by atoms with Crippen molar-refractivity contribution in [3.63, 3.8) is 0 Å². The molecule has 2 aromatic heterocycles. The van der Waals surface area contributed by atoms with E-state index in [1.54, 1.807) is 12.3 Å². The standard InChI is InChI=1S/C35H36F3N5O3/c1-2-24-27(37)7-6-21-14-23(44)15-25(28(21)24)30-29(38)31-26(17-39-30)32(42-11-4-9-35(19-42)10-5-13-46-35)41-33(40-31)45-20-34-8-3-12-43(34)18-22(36)16-34/h6-7,14-15,17,19,22H,2-5,8-13,16,18,20H2,1H3/p+1/t22?,34-,35?/m0/s1. The van der Waals surface area contributed by atoms with Crippen molar-refractivity contribution >= 4 is 33.7 Å². The summed E-state index contributed by atoms with van der Waals surface area (Å²) in [6, 6.07) is 5.88. The Bertz CT molecular complexity index is 1900. The van der Waals surface area contributed by atoms with E-state index in [0.29, 0.717) is 60.1 Å². The maximum atomic E-state index is 16.9. The first-order valence-corrected chi connectivity index (χ1v) is 16.4. The summed E-state index contributed by atoms with van der Waals surface area (Å²) in [5, 5.41) is 12.1. The quantitative estimate of drug-likeness (QED) is 0.246. The molecule has 1 N–H and O–H groups in total. The molecule has 4 aliphatic rings. The van der Waals surface area contributed by atoms with E-state index in [4.69, 9.17) is 14.5 Å². The van der Waals surface area contributed by atoms with Crippen LogP contribution >= 0.6 is 0 Å². The van der Waals surface area contributed by atoms with Gasteiger partial charge in [0.2, 0.25) is 0 Å². The lowest BCUT2D eigenvalue weighted by Gasteiger charge is -2.30. The topological polar surface area (TPSA) is 83.6 Å². The number of aromatic nitrogens is 3. The van der Waals surface area contributed by atoms with E-state index in [1.807, 2.05) is 11.5 Å². The summed E-state index contributed by atoms with van der Waals surface area (Å²) in [5.41, 5.74) is -0.191. The van der Waals surface area contributed by atoms with E-state index in [-0.39, 0.29) is 35.1 Å². The van der Waals surface area contributed by atoms with Gasteiger partial charge in [-0.3, -0.25) is 9.88 Å². The fourth-order valence-corrected chi connectivity index (χ4v) is 8.32. The number of ether oxygens (including phenoxy) is 2. The summed E-state index contributed by atoms with van der Waals surface area (Å²) in [6.45, 7) is 4.58. The number of fused-ring (bicyclic) bond motifs is 3. The number of alkyl halides is 1. The molecule has 4 aromatic rings. The van der Waals surface area contributed by atoms with Gasteiger partial charge >= 0.3 is 11.8 Å². The first-order valence-electron chi connectivity index (χ1n) is 16.4. The second kappa shape index (κ2) is 11.2. The molecule has 4 aliphatic heterocycles. The Morgan fingerprint density at radius 1 is 1.13 bits per heavy atom. The third-order valence-corrected chi connectivity index (χ3v) is 10.4. The molecule has 3 saturated heterocycles. The fraction of sp³-hybridized carbons (Fsp3) is 0.486. The van der Waals surface area contributed by atoms with Crippen LogP contribution in [0, 0.1) is 11.6 Å². The zero-order valence-corrected chi connectivity index (χ0v) is 25.9. The highest BCUT2D eigenvalue weighted by molar-refractivity contribution is 6.01. The molecule has 8 rings (SSSR count). The SMILES string of the molecule is CCc1c(F)ccc2cc(O)cc(-c3ncc4c([N+]5=CC6(CCCO6)CCC5)nc(OC[C@@]56CCCN5CC(F)C6)nc4c3F)c12. The van der Waals surface area contributed by atoms with E-state index in [0.717, 1.165) is 45.1 Å². The number of phenols is 1. The average molecular weight is 633 g/mol. The predicted molar refractivity (Wildman–Crippen MR) is 168 cm³/mol. The van der Waals surface area contributed by atoms with Gasteiger partial charge in [-0.25, -0.2) is 17.7 Å². The summed E-state index contributed by atoms with van der Waals surface area (Å²) in [4.78, 5) is 16.1. The number of benzene rings is 2. The zero-order valence-electron chi connectivity index (χ0n) is 25.9. The van der Waals surface area contributed by atoms with Crippen molar-refractivity contribution in [2.24, 2.45) is 0 Å². The number of nitrogens with zero attached hydrogens (tertiary/aromatic N) is 5. The van der Waals surface area contributed by atoms with Crippen molar-refractivity contribution in [3.05, 3.63) is 47.7 Å². The summed E-state index contributed by atoms with van der Waals surface area (Å²) >= 11 is 0. The van der Waals surface area contributed by atoms with Gasteiger partial charge in [0.1, 0.15) is 46.5 Å². The van der Waals surface area contributed by atoms with Crippen LogP contribution in [0.2, 0.25) is 0 Å². The zero-order chi connectivity index (χ0) is 31.6. The van der Waals surface area contributed by atoms with Crippen LogP contribution in [-0.4, -0.2) is 85.9 Å². The smallest absolute Gasteiger partial charge is 0.434 e. The van der Waals surface area contributed by atoms with Crippen molar-refractivity contribution in [3.8, 4) is 23.0 Å². The van der Waals surface area contributed by atoms with Crippen LogP contribution in [0.5, 0.6) is 11.8 Å². The highest BCUT2D eigenvalue weighted by Crippen LogP contribution is 2.42. The molecule has 6 heterocycles. The minimum atomic E-state index is -0.913. The Kier molecular flexibility index (Phi) is 7.17. The van der Waals surface area contributed by atoms with Crippen LogP contribution in [0.1, 0.15) is 57.4 Å². The molecule has 1 spiro atoms. The molecule has 2 unspecified atom stereocenters. The second-order valence-corrected chi connectivity index (χ2v) is 13.3. The van der Waals surface area contributed by atoms with Gasteiger partial charge in [-0.2, -0.15) is 4.98 Å². The first kappa shape index (κ1) is 29.6. The van der Waals surface area contributed by atoms with Crippen LogP contribution in [-0.2, 0) is 11.2 Å². The minimum Gasteiger partial charge on any atom is -0.508 e. The molecule has 3 fully saturated rings. The van der Waals surface area contributed by atoms with Crippen LogP contribution in [0.25, 0.3) is 32.9 Å². The van der Waals surface area contributed by atoms with E-state index in [2.05, 4.69) is 21.1 Å². The molecule has 8 nitrogen and oxygen atoms in total. The molecule has 0 bridgehead atoms. The lowest BCUT2D eigenvalue weighted by atomic mass is 9.93. The molecule has 0 amide bonds. The van der Waals surface area contributed by atoms with Gasteiger partial charge in [0.05, 0.1) is 18.3 Å². The van der Waals surface area contributed by atoms with Gasteiger partial charge in [0.15, 0.2) is 5.82 Å². The Hall–Kier alpha value is -3.83. The Morgan fingerprint density at radius 2 is 2.00 bits per heavy atom. The van der Waals surface area contributed by atoms with Crippen molar-refractivity contribution in [1.82, 2.24) is 19.9 Å². The third kappa shape index (κ3) is 4.81. The average Bonchev–Trinajstić information content (AvgIpc) is 3.74. The third-order valence-electron chi connectivity index (χ3n) is 10.4. The number of rotatable bonds is 6. The normalized spacial score (nSPS) is 26.3. The Labute approximate surface area is 264 Å². The van der Waals surface area contributed by atoms with Crippen LogP contribution in [0.3, 0.4) is 0 Å². The molecular formula is C35H37F3N5O3+. The maximum absolute atomic E-state index is 16.9. The van der Waals surface area contributed by atoms with E-state index < -0.39 is 28.9 Å². The Morgan fingerprint density at radius 3 is 2.83 bits per heavy atom. The maximum Gasteiger partial charge on any atom is 0.434 e. The summed E-state index contributed by atoms with van der Waals surface area (Å²) in [5.74, 6) is -0.754. The van der Waals surface area contributed by atoms with Crippen molar-refractivity contribution < 1.29 is 32.3 Å². The number of aryl methyl sites for hydroxylation is 1. The molecule has 240 valence electrons. The fourth-order valence-electron chi connectivity index (χ4n) is 8.32. The van der Waals surface area contributed by atoms with Crippen LogP contribution in [0.4, 0.5) is 19.0 Å². The van der Waals surface area contributed by atoms with Crippen LogP contribution in [0.15, 0.2) is 30.5 Å². The molecule has 2 aromatic carbocycles. The lowest BCUT2D eigenvalue weighted by Crippen LogP contribution is -2.43. The molecule has 0 aliphatic carbocycles. The Balaban J connectivity index is 1.30. The number of aromatic hydroxyl groups is 1. The number of halogens is 3. The van der Waals surface area contributed by atoms with Gasteiger partial charge in [-0.1, -0.05) is 13.0 Å². The molecular weight excluding hydrogens is 595 g/mol. The molecule has 0 saturated carbocycles. The van der Waals surface area contributed by atoms with Crippen molar-refractivity contribution in [2.75, 3.05) is 32.8 Å². The highest BCUT2D eigenvalue weighted by atomic mass is 19.1. The number of hydrogen-bond acceptors (Lipinski definition) is 7. The molecule has 0 radical (unpaired) electrons. The van der Waals surface area contributed by atoms with Gasteiger partial charge in [-0.05, 0) is 86.0 Å². The van der Waals surface area contributed by atoms with Crippen LogP contribution < -0.4 is 4.74 Å². The van der Waals surface area contributed by atoms with Gasteiger partial charge in [0, 0.05) is 36.3 Å². The predicted octanol–water partition coefficient (Wildman–Crippen LogP) is 6.40. The first-order chi connectivity index (χ1) is 22.3. The van der Waals surface area contributed by atoms with Gasteiger partial charge < -0.3 is 14.6 Å². The molecule has 11 heteroatoms. The molecule has 46 heavy (non-hydrogen) atoms. The number of pyridine rings is 1. The van der Waals surface area contributed by atoms with Gasteiger partial charge in [-0.15, -0.1) is 0 Å². The van der Waals surface area contributed by atoms with Gasteiger partial charge in [0.25, 0.3) is 0 Å². The van der Waals surface area contributed by atoms with Crippen molar-refractivity contribution in [2.45, 2.75) is 75.6 Å². The number of hydrogen-bond donors (Lipinski definition) is 1. The summed E-state index contributed by atoms with van der Waals surface area (Å²) in [6.07, 6.45) is 8.85. The summed E-state index contributed by atoms with van der Waals surface area (Å²) < 4.78 is 60.8. The lowest BCUT2D eigenvalue weighted by molar-refractivity contribution is -0.450. The van der Waals surface area contributed by atoms with E-state index in [1.165, 1.54) is 18.2 Å². The van der Waals surface area contributed by atoms with E-state index in [9.17, 15) is 13.9 Å². The monoisotopic (exact) mass is 632 g/mol. The summed E-state index contributed by atoms with van der Waals surface area (Å²) in [7, 11) is 0. The van der Waals surface area contributed by atoms with Crippen molar-refractivity contribution in [1.29, 1.82) is 0 Å². The highest BCUT2D eigenvalue weighted by Gasteiger charge is 2.50. The second-order valence-electron chi connectivity index (χ2n) is 13.3. The largest absolute Gasteiger partial charge is 0.508 e.